The maximum Gasteiger partial charge on any atom is 0.352 e. The monoisotopic (exact) mass is 301 g/mol. The number of ether oxygens (including phenoxy) is 1. The van der Waals surface area contributed by atoms with Crippen molar-refractivity contribution in [2.75, 3.05) is 11.3 Å². The van der Waals surface area contributed by atoms with E-state index in [0.717, 1.165) is 12.3 Å². The third-order valence-electron chi connectivity index (χ3n) is 2.17. The second-order valence-electron chi connectivity index (χ2n) is 3.56. The molecule has 0 atom stereocenters. The van der Waals surface area contributed by atoms with Gasteiger partial charge in [-0.15, -0.1) is 5.10 Å². The molecule has 0 bridgehead atoms. The highest BCUT2D eigenvalue weighted by molar-refractivity contribution is 7.92. The van der Waals surface area contributed by atoms with Crippen LogP contribution in [-0.2, 0) is 10.0 Å². The summed E-state index contributed by atoms with van der Waals surface area (Å²) in [6.07, 6.45) is 1.06. The maximum absolute atomic E-state index is 12.0. The van der Waals surface area contributed by atoms with Crippen molar-refractivity contribution in [1.82, 2.24) is 20.2 Å². The molecular weight excluding hydrogens is 290 g/mol. The zero-order chi connectivity index (χ0) is 14.8. The lowest BCUT2D eigenvalue weighted by molar-refractivity contribution is 0.0691. The highest BCUT2D eigenvalue weighted by atomic mass is 32.2. The van der Waals surface area contributed by atoms with Gasteiger partial charge in [0.05, 0.1) is 6.61 Å². The molecule has 0 aromatic carbocycles. The van der Waals surface area contributed by atoms with E-state index in [0.29, 0.717) is 6.61 Å². The van der Waals surface area contributed by atoms with Crippen LogP contribution in [-0.4, -0.2) is 46.3 Å². The number of aromatic amines is 2. The number of nitrogens with zero attached hydrogens (tertiary/aromatic N) is 2. The van der Waals surface area contributed by atoms with Crippen LogP contribution in [0.15, 0.2) is 17.2 Å². The molecule has 2 aromatic rings. The topological polar surface area (TPSA) is 150 Å². The van der Waals surface area contributed by atoms with Gasteiger partial charge in [-0.1, -0.05) is 0 Å². The minimum Gasteiger partial charge on any atom is -0.477 e. The Balaban J connectivity index is 2.19. The molecule has 0 spiro atoms. The molecule has 10 nitrogen and oxygen atoms in total. The van der Waals surface area contributed by atoms with E-state index >= 15 is 0 Å². The Labute approximate surface area is 113 Å². The van der Waals surface area contributed by atoms with E-state index in [1.807, 2.05) is 0 Å². The van der Waals surface area contributed by atoms with Gasteiger partial charge in [-0.25, -0.2) is 23.0 Å². The smallest absolute Gasteiger partial charge is 0.352 e. The Kier molecular flexibility index (Phi) is 3.61. The molecule has 11 heteroatoms. The van der Waals surface area contributed by atoms with Crippen molar-refractivity contribution in [2.24, 2.45) is 0 Å². The molecule has 0 aliphatic heterocycles. The first-order chi connectivity index (χ1) is 9.42. The van der Waals surface area contributed by atoms with Crippen molar-refractivity contribution < 1.29 is 23.1 Å². The Morgan fingerprint density at radius 3 is 2.90 bits per heavy atom. The highest BCUT2D eigenvalue weighted by Crippen LogP contribution is 2.15. The molecular formula is C9H11N5O5S. The third-order valence-corrected chi connectivity index (χ3v) is 3.48. The lowest BCUT2D eigenvalue weighted by Crippen LogP contribution is -2.13. The molecule has 20 heavy (non-hydrogen) atoms. The molecule has 0 aliphatic rings. The van der Waals surface area contributed by atoms with Crippen LogP contribution in [0.4, 0.5) is 5.95 Å². The fourth-order valence-electron chi connectivity index (χ4n) is 1.33. The number of carbonyl (C=O) groups is 1. The summed E-state index contributed by atoms with van der Waals surface area (Å²) in [5, 5.41) is 14.7. The van der Waals surface area contributed by atoms with Gasteiger partial charge in [-0.3, -0.25) is 0 Å². The number of anilines is 1. The molecule has 0 aliphatic carbocycles. The summed E-state index contributed by atoms with van der Waals surface area (Å²) in [5.74, 6) is -1.39. The average molecular weight is 301 g/mol. The second-order valence-corrected chi connectivity index (χ2v) is 5.24. The summed E-state index contributed by atoms with van der Waals surface area (Å²) in [6, 6.07) is 0.996. The number of carboxylic acids is 1. The number of hydrogen-bond acceptors (Lipinski definition) is 6. The zero-order valence-electron chi connectivity index (χ0n) is 10.2. The van der Waals surface area contributed by atoms with Crippen molar-refractivity contribution in [3.8, 4) is 6.01 Å². The van der Waals surface area contributed by atoms with Gasteiger partial charge in [0.2, 0.25) is 5.95 Å². The fourth-order valence-corrected chi connectivity index (χ4v) is 2.28. The fraction of sp³-hybridized carbons (Fsp3) is 0.222. The first-order valence-electron chi connectivity index (χ1n) is 5.42. The Morgan fingerprint density at radius 2 is 2.30 bits per heavy atom. The first kappa shape index (κ1) is 13.9. The second kappa shape index (κ2) is 5.21. The lowest BCUT2D eigenvalue weighted by atomic mass is 10.4. The van der Waals surface area contributed by atoms with Crippen LogP contribution in [0.5, 0.6) is 6.01 Å². The molecule has 2 aromatic heterocycles. The van der Waals surface area contributed by atoms with Crippen molar-refractivity contribution in [3.63, 3.8) is 0 Å². The van der Waals surface area contributed by atoms with Gasteiger partial charge in [-0.05, 0) is 13.0 Å². The minimum absolute atomic E-state index is 0.00509. The predicted molar refractivity (Wildman–Crippen MR) is 66.1 cm³/mol. The Morgan fingerprint density at radius 1 is 1.55 bits per heavy atom. The zero-order valence-corrected chi connectivity index (χ0v) is 11.1. The number of H-pyrrole nitrogens is 2. The van der Waals surface area contributed by atoms with Crippen LogP contribution in [0.3, 0.4) is 0 Å². The number of aromatic nitrogens is 4. The Bertz CT molecular complexity index is 719. The van der Waals surface area contributed by atoms with E-state index in [-0.39, 0.29) is 22.5 Å². The average Bonchev–Trinajstić information content (AvgIpc) is 2.98. The van der Waals surface area contributed by atoms with Crippen molar-refractivity contribution in [1.29, 1.82) is 0 Å². The Hall–Kier alpha value is -2.56. The van der Waals surface area contributed by atoms with Crippen molar-refractivity contribution >= 4 is 21.9 Å². The molecule has 0 amide bonds. The molecule has 0 radical (unpaired) electrons. The van der Waals surface area contributed by atoms with E-state index in [1.165, 1.54) is 0 Å². The van der Waals surface area contributed by atoms with Crippen LogP contribution in [0.25, 0.3) is 0 Å². The maximum atomic E-state index is 12.0. The number of nitrogens with one attached hydrogen (secondary N) is 3. The van der Waals surface area contributed by atoms with Crippen LogP contribution in [0.1, 0.15) is 17.4 Å². The van der Waals surface area contributed by atoms with Gasteiger partial charge in [0.25, 0.3) is 10.0 Å². The van der Waals surface area contributed by atoms with E-state index in [9.17, 15) is 13.2 Å². The summed E-state index contributed by atoms with van der Waals surface area (Å²) in [7, 11) is -3.96. The van der Waals surface area contributed by atoms with Gasteiger partial charge >= 0.3 is 12.0 Å². The van der Waals surface area contributed by atoms with Gasteiger partial charge in [0.15, 0.2) is 0 Å². The number of rotatable bonds is 6. The summed E-state index contributed by atoms with van der Waals surface area (Å²) in [4.78, 5) is 16.5. The van der Waals surface area contributed by atoms with Crippen LogP contribution >= 0.6 is 0 Å². The van der Waals surface area contributed by atoms with Crippen LogP contribution in [0.2, 0.25) is 0 Å². The van der Waals surface area contributed by atoms with Gasteiger partial charge in [0.1, 0.15) is 10.6 Å². The SMILES string of the molecule is CCOc1n[nH]c(NS(=O)(=O)c2c[nH]c(C(=O)O)c2)n1. The normalized spacial score (nSPS) is 11.2. The summed E-state index contributed by atoms with van der Waals surface area (Å²) in [6.45, 7) is 2.07. The molecule has 108 valence electrons. The number of hydrogen-bond donors (Lipinski definition) is 4. The molecule has 0 unspecified atom stereocenters. The molecule has 0 saturated heterocycles. The molecule has 0 saturated carbocycles. The van der Waals surface area contributed by atoms with E-state index in [4.69, 9.17) is 9.84 Å². The van der Waals surface area contributed by atoms with E-state index in [1.54, 1.807) is 6.92 Å². The van der Waals surface area contributed by atoms with Gasteiger partial charge in [0, 0.05) is 6.20 Å². The van der Waals surface area contributed by atoms with Gasteiger partial charge < -0.3 is 14.8 Å². The van der Waals surface area contributed by atoms with Crippen molar-refractivity contribution in [2.45, 2.75) is 11.8 Å². The predicted octanol–water partition coefficient (Wildman–Crippen LogP) is 0.0305. The third kappa shape index (κ3) is 2.88. The highest BCUT2D eigenvalue weighted by Gasteiger charge is 2.20. The molecule has 2 rings (SSSR count). The molecule has 4 N–H and O–H groups in total. The minimum atomic E-state index is -3.96. The first-order valence-corrected chi connectivity index (χ1v) is 6.90. The summed E-state index contributed by atoms with van der Waals surface area (Å²) >= 11 is 0. The standard InChI is InChI=1S/C9H11N5O5S/c1-2-19-9-11-8(12-13-9)14-20(17,18)5-3-6(7(15)16)10-4-5/h3-4,10H,2H2,1H3,(H,15,16)(H2,11,12,13,14). The number of carboxylic acid groups (broad SMARTS) is 1. The van der Waals surface area contributed by atoms with Crippen LogP contribution in [0, 0.1) is 0 Å². The molecule has 0 fully saturated rings. The van der Waals surface area contributed by atoms with Crippen LogP contribution < -0.4 is 9.46 Å². The van der Waals surface area contributed by atoms with E-state index in [2.05, 4.69) is 24.9 Å². The summed E-state index contributed by atoms with van der Waals surface area (Å²) in [5.41, 5.74) is -0.238. The van der Waals surface area contributed by atoms with Crippen molar-refractivity contribution in [3.05, 3.63) is 18.0 Å². The largest absolute Gasteiger partial charge is 0.477 e. The molecule has 2 heterocycles. The lowest BCUT2D eigenvalue weighted by Gasteiger charge is -2.01. The van der Waals surface area contributed by atoms with Gasteiger partial charge in [-0.2, -0.15) is 4.98 Å². The quantitative estimate of drug-likeness (QED) is 0.587. The van der Waals surface area contributed by atoms with E-state index < -0.39 is 16.0 Å². The number of sulfonamides is 1. The number of aromatic carboxylic acids is 1. The summed E-state index contributed by atoms with van der Waals surface area (Å²) < 4.78 is 31.0.